The summed E-state index contributed by atoms with van der Waals surface area (Å²) in [7, 11) is 0. The number of rotatable bonds is 5. The van der Waals surface area contributed by atoms with Gasteiger partial charge >= 0.3 is 0 Å². The fraction of sp³-hybridized carbons (Fsp3) is 0.389. The van der Waals surface area contributed by atoms with Crippen molar-refractivity contribution in [1.82, 2.24) is 20.4 Å². The van der Waals surface area contributed by atoms with Crippen molar-refractivity contribution in [2.24, 2.45) is 0 Å². The second-order valence-corrected chi connectivity index (χ2v) is 6.15. The van der Waals surface area contributed by atoms with Gasteiger partial charge in [0.25, 0.3) is 5.89 Å². The Balaban J connectivity index is 1.33. The number of hydrogen-bond donors (Lipinski definition) is 1. The number of ether oxygens (including phenoxy) is 1. The second-order valence-electron chi connectivity index (χ2n) is 6.15. The summed E-state index contributed by atoms with van der Waals surface area (Å²) >= 11 is 0. The molecule has 24 heavy (non-hydrogen) atoms. The second kappa shape index (κ2) is 6.67. The maximum atomic E-state index is 6.02. The highest BCUT2D eigenvalue weighted by Crippen LogP contribution is 2.31. The van der Waals surface area contributed by atoms with Crippen molar-refractivity contribution < 1.29 is 9.26 Å². The Bertz CT molecular complexity index is 827. The van der Waals surface area contributed by atoms with Crippen LogP contribution >= 0.6 is 0 Å². The molecule has 0 bridgehead atoms. The largest absolute Gasteiger partial charge is 0.364 e. The van der Waals surface area contributed by atoms with Crippen LogP contribution in [0, 0.1) is 6.92 Å². The maximum absolute atomic E-state index is 6.02. The highest BCUT2D eigenvalue weighted by Gasteiger charge is 2.30. The SMILES string of the molecule is Cc1noc([C@@H]2CC[C@H](CNCc3cccc4cnccc34)O2)n1. The number of nitrogens with one attached hydrogen (secondary N) is 1. The molecule has 0 aliphatic carbocycles. The van der Waals surface area contributed by atoms with E-state index in [9.17, 15) is 0 Å². The number of nitrogens with zero attached hydrogens (tertiary/aromatic N) is 3. The van der Waals surface area contributed by atoms with Gasteiger partial charge in [0.1, 0.15) is 6.10 Å². The topological polar surface area (TPSA) is 73.1 Å². The van der Waals surface area contributed by atoms with Gasteiger partial charge in [0.2, 0.25) is 0 Å². The number of pyridine rings is 1. The molecule has 0 unspecified atom stereocenters. The summed E-state index contributed by atoms with van der Waals surface area (Å²) in [4.78, 5) is 8.44. The first kappa shape index (κ1) is 15.2. The molecule has 0 saturated carbocycles. The average Bonchev–Trinajstić information content (AvgIpc) is 3.24. The smallest absolute Gasteiger partial charge is 0.255 e. The molecule has 2 aromatic heterocycles. The molecular weight excluding hydrogens is 304 g/mol. The Labute approximate surface area is 140 Å². The first-order chi connectivity index (χ1) is 11.8. The van der Waals surface area contributed by atoms with Crippen molar-refractivity contribution in [2.75, 3.05) is 6.54 Å². The highest BCUT2D eigenvalue weighted by atomic mass is 16.5. The van der Waals surface area contributed by atoms with Crippen LogP contribution in [0.3, 0.4) is 0 Å². The minimum atomic E-state index is -0.0679. The number of fused-ring (bicyclic) bond motifs is 1. The fourth-order valence-electron chi connectivity index (χ4n) is 3.19. The Kier molecular flexibility index (Phi) is 4.23. The first-order valence-electron chi connectivity index (χ1n) is 8.27. The molecule has 3 heterocycles. The van der Waals surface area contributed by atoms with E-state index in [4.69, 9.17) is 9.26 Å². The fourth-order valence-corrected chi connectivity index (χ4v) is 3.19. The molecule has 1 fully saturated rings. The third-order valence-electron chi connectivity index (χ3n) is 4.38. The lowest BCUT2D eigenvalue weighted by Crippen LogP contribution is -2.26. The molecular formula is C18H20N4O2. The normalized spacial score (nSPS) is 20.7. The predicted octanol–water partition coefficient (Wildman–Crippen LogP) is 2.94. The third-order valence-corrected chi connectivity index (χ3v) is 4.38. The van der Waals surface area contributed by atoms with Gasteiger partial charge in [0.05, 0.1) is 6.10 Å². The summed E-state index contributed by atoms with van der Waals surface area (Å²) in [6.07, 6.45) is 5.77. The summed E-state index contributed by atoms with van der Waals surface area (Å²) in [6.45, 7) is 3.44. The van der Waals surface area contributed by atoms with E-state index in [0.29, 0.717) is 11.7 Å². The number of aryl methyl sites for hydroxylation is 1. The van der Waals surface area contributed by atoms with Crippen LogP contribution in [0.25, 0.3) is 10.8 Å². The molecule has 1 aromatic carbocycles. The van der Waals surface area contributed by atoms with Crippen LogP contribution in [-0.2, 0) is 11.3 Å². The summed E-state index contributed by atoms with van der Waals surface area (Å²) in [5, 5.41) is 9.74. The van der Waals surface area contributed by atoms with Crippen molar-refractivity contribution in [3.05, 3.63) is 53.9 Å². The molecule has 1 aliphatic heterocycles. The minimum absolute atomic E-state index is 0.0679. The molecule has 0 radical (unpaired) electrons. The van der Waals surface area contributed by atoms with Crippen LogP contribution in [0.1, 0.15) is 36.2 Å². The van der Waals surface area contributed by atoms with E-state index in [0.717, 1.165) is 25.9 Å². The van der Waals surface area contributed by atoms with E-state index in [2.05, 4.69) is 44.7 Å². The molecule has 4 rings (SSSR count). The van der Waals surface area contributed by atoms with Gasteiger partial charge in [-0.25, -0.2) is 0 Å². The van der Waals surface area contributed by atoms with Gasteiger partial charge < -0.3 is 14.6 Å². The lowest BCUT2D eigenvalue weighted by atomic mass is 10.1. The van der Waals surface area contributed by atoms with Crippen molar-refractivity contribution >= 4 is 10.8 Å². The van der Waals surface area contributed by atoms with Crippen LogP contribution in [0.15, 0.2) is 41.2 Å². The van der Waals surface area contributed by atoms with Gasteiger partial charge in [-0.2, -0.15) is 4.98 Å². The van der Waals surface area contributed by atoms with Crippen LogP contribution in [-0.4, -0.2) is 27.8 Å². The first-order valence-corrected chi connectivity index (χ1v) is 8.27. The zero-order valence-electron chi connectivity index (χ0n) is 13.6. The van der Waals surface area contributed by atoms with Crippen LogP contribution in [0.2, 0.25) is 0 Å². The predicted molar refractivity (Wildman–Crippen MR) is 89.3 cm³/mol. The summed E-state index contributed by atoms with van der Waals surface area (Å²) in [5.74, 6) is 1.25. The van der Waals surface area contributed by atoms with E-state index in [1.165, 1.54) is 16.3 Å². The third kappa shape index (κ3) is 3.16. The van der Waals surface area contributed by atoms with Gasteiger partial charge in [-0.05, 0) is 36.8 Å². The molecule has 2 atom stereocenters. The molecule has 6 nitrogen and oxygen atoms in total. The lowest BCUT2D eigenvalue weighted by Gasteiger charge is -2.13. The molecule has 0 spiro atoms. The van der Waals surface area contributed by atoms with E-state index in [-0.39, 0.29) is 12.2 Å². The standard InChI is InChI=1S/C18H20N4O2/c1-12-21-18(24-22-12)17-6-5-15(23-17)11-20-10-14-4-2-3-13-9-19-8-7-16(13)14/h2-4,7-9,15,17,20H,5-6,10-11H2,1H3/t15-,17+/m1/s1. The highest BCUT2D eigenvalue weighted by molar-refractivity contribution is 5.84. The molecule has 6 heteroatoms. The van der Waals surface area contributed by atoms with Crippen LogP contribution < -0.4 is 5.32 Å². The van der Waals surface area contributed by atoms with Crippen LogP contribution in [0.5, 0.6) is 0 Å². The monoisotopic (exact) mass is 324 g/mol. The Morgan fingerprint density at radius 2 is 2.21 bits per heavy atom. The Hall–Kier alpha value is -2.31. The summed E-state index contributed by atoms with van der Waals surface area (Å²) in [5.41, 5.74) is 1.27. The van der Waals surface area contributed by atoms with Crippen molar-refractivity contribution in [1.29, 1.82) is 0 Å². The van der Waals surface area contributed by atoms with Crippen molar-refractivity contribution in [3.8, 4) is 0 Å². The van der Waals surface area contributed by atoms with Crippen LogP contribution in [0.4, 0.5) is 0 Å². The van der Waals surface area contributed by atoms with Gasteiger partial charge in [-0.3, -0.25) is 4.98 Å². The van der Waals surface area contributed by atoms with Gasteiger partial charge in [-0.1, -0.05) is 23.4 Å². The molecule has 3 aromatic rings. The van der Waals surface area contributed by atoms with Crippen molar-refractivity contribution in [2.45, 2.75) is 38.5 Å². The van der Waals surface area contributed by atoms with Gasteiger partial charge in [0, 0.05) is 30.9 Å². The molecule has 1 saturated heterocycles. The zero-order chi connectivity index (χ0) is 16.4. The zero-order valence-corrected chi connectivity index (χ0v) is 13.6. The summed E-state index contributed by atoms with van der Waals surface area (Å²) < 4.78 is 11.2. The average molecular weight is 324 g/mol. The van der Waals surface area contributed by atoms with E-state index in [1.807, 2.05) is 19.3 Å². The maximum Gasteiger partial charge on any atom is 0.255 e. The molecule has 124 valence electrons. The Morgan fingerprint density at radius 1 is 1.25 bits per heavy atom. The lowest BCUT2D eigenvalue weighted by molar-refractivity contribution is 0.0264. The number of aromatic nitrogens is 3. The number of benzene rings is 1. The van der Waals surface area contributed by atoms with Gasteiger partial charge in [0.15, 0.2) is 5.82 Å². The van der Waals surface area contributed by atoms with E-state index >= 15 is 0 Å². The van der Waals surface area contributed by atoms with Gasteiger partial charge in [-0.15, -0.1) is 0 Å². The quantitative estimate of drug-likeness (QED) is 0.778. The molecule has 0 amide bonds. The molecule has 1 aliphatic rings. The number of hydrogen-bond acceptors (Lipinski definition) is 6. The Morgan fingerprint density at radius 3 is 3.08 bits per heavy atom. The minimum Gasteiger partial charge on any atom is -0.364 e. The summed E-state index contributed by atoms with van der Waals surface area (Å²) in [6, 6.07) is 8.37. The van der Waals surface area contributed by atoms with Crippen molar-refractivity contribution in [3.63, 3.8) is 0 Å². The van der Waals surface area contributed by atoms with E-state index in [1.54, 1.807) is 0 Å². The van der Waals surface area contributed by atoms with E-state index < -0.39 is 0 Å². The molecule has 1 N–H and O–H groups in total.